The summed E-state index contributed by atoms with van der Waals surface area (Å²) in [7, 11) is 0. The third-order valence-electron chi connectivity index (χ3n) is 5.30. The minimum absolute atomic E-state index is 0.0802. The van der Waals surface area contributed by atoms with Crippen LogP contribution in [0.1, 0.15) is 46.5 Å². The van der Waals surface area contributed by atoms with Crippen molar-refractivity contribution in [1.29, 1.82) is 0 Å². The van der Waals surface area contributed by atoms with Gasteiger partial charge in [0, 0.05) is 51.6 Å². The van der Waals surface area contributed by atoms with Crippen LogP contribution >= 0.6 is 0 Å². The zero-order chi connectivity index (χ0) is 17.7. The fourth-order valence-electron chi connectivity index (χ4n) is 3.73. The molecule has 2 saturated heterocycles. The molecule has 0 aromatic rings. The van der Waals surface area contributed by atoms with Gasteiger partial charge in [0.15, 0.2) is 0 Å². The molecule has 0 radical (unpaired) electrons. The Morgan fingerprint density at radius 2 is 1.62 bits per heavy atom. The quantitative estimate of drug-likeness (QED) is 0.735. The van der Waals surface area contributed by atoms with Crippen LogP contribution in [0, 0.1) is 11.8 Å². The highest BCUT2D eigenvalue weighted by atomic mass is 16.2. The van der Waals surface area contributed by atoms with Crippen molar-refractivity contribution < 1.29 is 14.4 Å². The molecule has 2 rings (SSSR count). The standard InChI is InChI=1S/C18H31N3O3/c1-4-7-21-13-15(12-16(21)22)18(24)20-10-8-19(9-11-20)17(23)14(5-2)6-3/h14-15H,4-13H2,1-3H3. The molecule has 0 N–H and O–H groups in total. The number of carbonyl (C=O) groups is 3. The van der Waals surface area contributed by atoms with E-state index in [1.165, 1.54) is 0 Å². The van der Waals surface area contributed by atoms with E-state index in [0.717, 1.165) is 25.8 Å². The van der Waals surface area contributed by atoms with Gasteiger partial charge in [0.2, 0.25) is 17.7 Å². The Bertz CT molecular complexity index is 468. The minimum atomic E-state index is -0.203. The fraction of sp³-hybridized carbons (Fsp3) is 0.833. The molecule has 0 aromatic carbocycles. The number of likely N-dealkylation sites (tertiary alicyclic amines) is 1. The van der Waals surface area contributed by atoms with E-state index in [9.17, 15) is 14.4 Å². The summed E-state index contributed by atoms with van der Waals surface area (Å²) >= 11 is 0. The number of nitrogens with zero attached hydrogens (tertiary/aromatic N) is 3. The monoisotopic (exact) mass is 337 g/mol. The molecule has 2 heterocycles. The highest BCUT2D eigenvalue weighted by Gasteiger charge is 2.37. The summed E-state index contributed by atoms with van der Waals surface area (Å²) in [5, 5.41) is 0. The van der Waals surface area contributed by atoms with Crippen molar-refractivity contribution in [2.45, 2.75) is 46.5 Å². The van der Waals surface area contributed by atoms with Crippen LogP contribution in [0.5, 0.6) is 0 Å². The van der Waals surface area contributed by atoms with Crippen molar-refractivity contribution in [3.05, 3.63) is 0 Å². The molecule has 1 atom stereocenters. The Morgan fingerprint density at radius 1 is 1.04 bits per heavy atom. The van der Waals surface area contributed by atoms with Crippen molar-refractivity contribution in [3.8, 4) is 0 Å². The van der Waals surface area contributed by atoms with E-state index in [4.69, 9.17) is 0 Å². The Morgan fingerprint density at radius 3 is 2.17 bits per heavy atom. The molecule has 3 amide bonds. The molecule has 2 aliphatic heterocycles. The maximum Gasteiger partial charge on any atom is 0.228 e. The SMILES string of the molecule is CCCN1CC(C(=O)N2CCN(C(=O)C(CC)CC)CC2)CC1=O. The first-order valence-corrected chi connectivity index (χ1v) is 9.37. The van der Waals surface area contributed by atoms with Crippen molar-refractivity contribution in [2.24, 2.45) is 11.8 Å². The molecule has 0 spiro atoms. The molecule has 6 heteroatoms. The molecule has 6 nitrogen and oxygen atoms in total. The van der Waals surface area contributed by atoms with Gasteiger partial charge >= 0.3 is 0 Å². The van der Waals surface area contributed by atoms with Gasteiger partial charge in [-0.05, 0) is 19.3 Å². The normalized spacial score (nSPS) is 21.8. The third kappa shape index (κ3) is 4.08. The molecule has 2 aliphatic rings. The van der Waals surface area contributed by atoms with Crippen molar-refractivity contribution in [3.63, 3.8) is 0 Å². The lowest BCUT2D eigenvalue weighted by atomic mass is 10.0. The molecular weight excluding hydrogens is 306 g/mol. The van der Waals surface area contributed by atoms with Gasteiger partial charge in [0.1, 0.15) is 0 Å². The average Bonchev–Trinajstić information content (AvgIpc) is 2.96. The molecular formula is C18H31N3O3. The summed E-state index contributed by atoms with van der Waals surface area (Å²) in [4.78, 5) is 42.6. The second-order valence-electron chi connectivity index (χ2n) is 6.90. The summed E-state index contributed by atoms with van der Waals surface area (Å²) in [6.45, 7) is 9.82. The first kappa shape index (κ1) is 18.7. The molecule has 1 unspecified atom stereocenters. The van der Waals surface area contributed by atoms with E-state index in [0.29, 0.717) is 39.1 Å². The summed E-state index contributed by atoms with van der Waals surface area (Å²) in [6.07, 6.45) is 2.99. The van der Waals surface area contributed by atoms with Crippen LogP contribution in [0.4, 0.5) is 0 Å². The van der Waals surface area contributed by atoms with Gasteiger partial charge in [-0.1, -0.05) is 20.8 Å². The molecule has 0 saturated carbocycles. The van der Waals surface area contributed by atoms with Gasteiger partial charge in [0.25, 0.3) is 0 Å². The van der Waals surface area contributed by atoms with Crippen LogP contribution in [0.2, 0.25) is 0 Å². The summed E-state index contributed by atoms with van der Waals surface area (Å²) < 4.78 is 0. The summed E-state index contributed by atoms with van der Waals surface area (Å²) in [5.74, 6) is 0.291. The summed E-state index contributed by atoms with van der Waals surface area (Å²) in [5.41, 5.74) is 0. The zero-order valence-electron chi connectivity index (χ0n) is 15.3. The number of hydrogen-bond acceptors (Lipinski definition) is 3. The van der Waals surface area contributed by atoms with E-state index in [1.54, 1.807) is 4.90 Å². The Kier molecular flexibility index (Phi) is 6.63. The fourth-order valence-corrected chi connectivity index (χ4v) is 3.73. The lowest BCUT2D eigenvalue weighted by molar-refractivity contribution is -0.144. The number of carbonyl (C=O) groups excluding carboxylic acids is 3. The van der Waals surface area contributed by atoms with E-state index in [1.807, 2.05) is 30.6 Å². The number of amides is 3. The van der Waals surface area contributed by atoms with Gasteiger partial charge < -0.3 is 14.7 Å². The zero-order valence-corrected chi connectivity index (χ0v) is 15.3. The minimum Gasteiger partial charge on any atom is -0.342 e. The Labute approximate surface area is 145 Å². The number of rotatable bonds is 6. The average molecular weight is 337 g/mol. The van der Waals surface area contributed by atoms with E-state index >= 15 is 0 Å². The number of hydrogen-bond donors (Lipinski definition) is 0. The topological polar surface area (TPSA) is 60.9 Å². The van der Waals surface area contributed by atoms with E-state index in [2.05, 4.69) is 0 Å². The lowest BCUT2D eigenvalue weighted by Crippen LogP contribution is -2.53. The van der Waals surface area contributed by atoms with Crippen LogP contribution in [0.3, 0.4) is 0 Å². The highest BCUT2D eigenvalue weighted by molar-refractivity contribution is 5.89. The van der Waals surface area contributed by atoms with Crippen LogP contribution in [-0.2, 0) is 14.4 Å². The molecule has 2 fully saturated rings. The van der Waals surface area contributed by atoms with Crippen LogP contribution in [-0.4, -0.2) is 71.7 Å². The van der Waals surface area contributed by atoms with Crippen molar-refractivity contribution in [1.82, 2.24) is 14.7 Å². The van der Waals surface area contributed by atoms with Gasteiger partial charge in [-0.25, -0.2) is 0 Å². The highest BCUT2D eigenvalue weighted by Crippen LogP contribution is 2.22. The van der Waals surface area contributed by atoms with Gasteiger partial charge in [0.05, 0.1) is 5.92 Å². The van der Waals surface area contributed by atoms with Crippen molar-refractivity contribution >= 4 is 17.7 Å². The van der Waals surface area contributed by atoms with Crippen LogP contribution < -0.4 is 0 Å². The van der Waals surface area contributed by atoms with Crippen LogP contribution in [0.25, 0.3) is 0 Å². The third-order valence-corrected chi connectivity index (χ3v) is 5.30. The second kappa shape index (κ2) is 8.49. The molecule has 0 aromatic heterocycles. The van der Waals surface area contributed by atoms with Gasteiger partial charge in [-0.3, -0.25) is 14.4 Å². The Hall–Kier alpha value is -1.59. The summed E-state index contributed by atoms with van der Waals surface area (Å²) in [6, 6.07) is 0. The lowest BCUT2D eigenvalue weighted by Gasteiger charge is -2.37. The Balaban J connectivity index is 1.85. The predicted molar refractivity (Wildman–Crippen MR) is 92.2 cm³/mol. The second-order valence-corrected chi connectivity index (χ2v) is 6.90. The molecule has 0 aliphatic carbocycles. The maximum absolute atomic E-state index is 12.7. The van der Waals surface area contributed by atoms with Crippen LogP contribution in [0.15, 0.2) is 0 Å². The maximum atomic E-state index is 12.7. The molecule has 24 heavy (non-hydrogen) atoms. The van der Waals surface area contributed by atoms with Crippen molar-refractivity contribution in [2.75, 3.05) is 39.3 Å². The predicted octanol–water partition coefficient (Wildman–Crippen LogP) is 1.35. The number of piperazine rings is 1. The van der Waals surface area contributed by atoms with Gasteiger partial charge in [-0.2, -0.15) is 0 Å². The molecule has 0 bridgehead atoms. The van der Waals surface area contributed by atoms with E-state index < -0.39 is 0 Å². The largest absolute Gasteiger partial charge is 0.342 e. The first-order valence-electron chi connectivity index (χ1n) is 9.37. The first-order chi connectivity index (χ1) is 11.5. The van der Waals surface area contributed by atoms with Gasteiger partial charge in [-0.15, -0.1) is 0 Å². The molecule has 136 valence electrons. The smallest absolute Gasteiger partial charge is 0.228 e. The van der Waals surface area contributed by atoms with E-state index in [-0.39, 0.29) is 29.6 Å².